The second-order valence-electron chi connectivity index (χ2n) is 5.04. The maximum Gasteiger partial charge on any atom is 0.328 e. The van der Waals surface area contributed by atoms with Crippen LogP contribution in [0.1, 0.15) is 26.2 Å². The number of methoxy groups -OCH3 is 1. The van der Waals surface area contributed by atoms with Gasteiger partial charge in [0.25, 0.3) is 0 Å². The highest BCUT2D eigenvalue weighted by atomic mass is 16.6. The number of hydrogen-bond acceptors (Lipinski definition) is 5. The maximum atomic E-state index is 11.8. The Hall–Kier alpha value is -0.650. The Morgan fingerprint density at radius 3 is 2.76 bits per heavy atom. The molecule has 1 aliphatic heterocycles. The molecule has 0 amide bonds. The molecule has 1 aliphatic carbocycles. The summed E-state index contributed by atoms with van der Waals surface area (Å²) in [6.45, 7) is 3.55. The maximum absolute atomic E-state index is 11.8. The first kappa shape index (κ1) is 12.8. The molecule has 2 fully saturated rings. The molecular formula is C12H21NO4. The van der Waals surface area contributed by atoms with E-state index in [1.165, 1.54) is 7.11 Å². The van der Waals surface area contributed by atoms with Crippen molar-refractivity contribution >= 4 is 5.97 Å². The molecule has 0 aromatic carbocycles. The van der Waals surface area contributed by atoms with E-state index in [1.807, 2.05) is 6.92 Å². The van der Waals surface area contributed by atoms with Crippen molar-refractivity contribution in [2.45, 2.75) is 43.9 Å². The molecular weight excluding hydrogens is 222 g/mol. The Balaban J connectivity index is 1.86. The molecule has 0 aromatic rings. The molecule has 2 aliphatic rings. The molecule has 1 N–H and O–H groups in total. The average molecular weight is 243 g/mol. The number of carbonyl (C=O) groups excluding carboxylic acids is 1. The molecule has 0 bridgehead atoms. The molecule has 5 nitrogen and oxygen atoms in total. The molecule has 1 saturated carbocycles. The minimum atomic E-state index is -0.738. The van der Waals surface area contributed by atoms with Crippen molar-refractivity contribution in [1.29, 1.82) is 0 Å². The second-order valence-corrected chi connectivity index (χ2v) is 5.04. The van der Waals surface area contributed by atoms with E-state index >= 15 is 0 Å². The first-order chi connectivity index (χ1) is 8.14. The smallest absolute Gasteiger partial charge is 0.328 e. The van der Waals surface area contributed by atoms with Crippen LogP contribution >= 0.6 is 0 Å². The molecule has 0 spiro atoms. The van der Waals surface area contributed by atoms with Crippen LogP contribution in [0.4, 0.5) is 0 Å². The summed E-state index contributed by atoms with van der Waals surface area (Å²) >= 11 is 0. The number of hydrogen-bond donors (Lipinski definition) is 1. The van der Waals surface area contributed by atoms with Crippen molar-refractivity contribution in [3.8, 4) is 0 Å². The van der Waals surface area contributed by atoms with Crippen LogP contribution in [0.25, 0.3) is 0 Å². The summed E-state index contributed by atoms with van der Waals surface area (Å²) in [4.78, 5) is 11.8. The van der Waals surface area contributed by atoms with Crippen LogP contribution in [0, 0.1) is 0 Å². The zero-order valence-corrected chi connectivity index (χ0v) is 10.5. The van der Waals surface area contributed by atoms with Crippen LogP contribution in [0.5, 0.6) is 0 Å². The number of carbonyl (C=O) groups is 1. The fraction of sp³-hybridized carbons (Fsp3) is 0.917. The summed E-state index contributed by atoms with van der Waals surface area (Å²) in [7, 11) is 1.41. The molecule has 0 aromatic heterocycles. The van der Waals surface area contributed by atoms with Gasteiger partial charge >= 0.3 is 5.97 Å². The van der Waals surface area contributed by atoms with Crippen molar-refractivity contribution in [3.05, 3.63) is 0 Å². The lowest BCUT2D eigenvalue weighted by Gasteiger charge is -2.29. The Morgan fingerprint density at radius 2 is 2.24 bits per heavy atom. The zero-order chi connectivity index (χ0) is 12.3. The predicted molar refractivity (Wildman–Crippen MR) is 61.8 cm³/mol. The van der Waals surface area contributed by atoms with E-state index < -0.39 is 5.54 Å². The van der Waals surface area contributed by atoms with Crippen LogP contribution in [-0.2, 0) is 19.0 Å². The number of nitrogens with one attached hydrogen (secondary N) is 1. The van der Waals surface area contributed by atoms with Crippen molar-refractivity contribution in [1.82, 2.24) is 5.32 Å². The van der Waals surface area contributed by atoms with Gasteiger partial charge in [-0.05, 0) is 26.2 Å². The average Bonchev–Trinajstić information content (AvgIpc) is 2.97. The molecule has 1 heterocycles. The lowest BCUT2D eigenvalue weighted by molar-refractivity contribution is -0.151. The summed E-state index contributed by atoms with van der Waals surface area (Å²) in [6, 6.07) is 0.433. The van der Waals surface area contributed by atoms with E-state index in [9.17, 15) is 4.79 Å². The molecule has 1 saturated heterocycles. The van der Waals surface area contributed by atoms with E-state index in [0.717, 1.165) is 25.9 Å². The van der Waals surface area contributed by atoms with Gasteiger partial charge in [0.05, 0.1) is 26.4 Å². The van der Waals surface area contributed by atoms with Crippen molar-refractivity contribution in [2.24, 2.45) is 0 Å². The van der Waals surface area contributed by atoms with E-state index in [1.54, 1.807) is 0 Å². The van der Waals surface area contributed by atoms with Gasteiger partial charge in [-0.15, -0.1) is 0 Å². The van der Waals surface area contributed by atoms with E-state index in [-0.39, 0.29) is 12.1 Å². The Labute approximate surface area is 102 Å². The zero-order valence-electron chi connectivity index (χ0n) is 10.5. The summed E-state index contributed by atoms with van der Waals surface area (Å²) in [5.41, 5.74) is -0.738. The molecule has 2 rings (SSSR count). The van der Waals surface area contributed by atoms with Gasteiger partial charge in [0.15, 0.2) is 0 Å². The lowest BCUT2D eigenvalue weighted by Crippen LogP contribution is -2.55. The Bertz CT molecular complexity index is 274. The van der Waals surface area contributed by atoms with Crippen LogP contribution < -0.4 is 5.32 Å². The largest absolute Gasteiger partial charge is 0.468 e. The van der Waals surface area contributed by atoms with Gasteiger partial charge in [-0.3, -0.25) is 5.32 Å². The van der Waals surface area contributed by atoms with Gasteiger partial charge in [0.2, 0.25) is 0 Å². The van der Waals surface area contributed by atoms with Gasteiger partial charge in [-0.2, -0.15) is 0 Å². The third-order valence-electron chi connectivity index (χ3n) is 3.23. The van der Waals surface area contributed by atoms with Crippen LogP contribution in [-0.4, -0.2) is 50.6 Å². The lowest BCUT2D eigenvalue weighted by atomic mass is 10.0. The molecule has 5 heteroatoms. The SMILES string of the molecule is COC(=O)C(C)(COC1CCOC1)NC1CC1. The van der Waals surface area contributed by atoms with E-state index in [0.29, 0.717) is 19.3 Å². The monoisotopic (exact) mass is 243 g/mol. The summed E-state index contributed by atoms with van der Waals surface area (Å²) in [5.74, 6) is -0.261. The van der Waals surface area contributed by atoms with E-state index in [4.69, 9.17) is 14.2 Å². The van der Waals surface area contributed by atoms with Gasteiger partial charge < -0.3 is 14.2 Å². The van der Waals surface area contributed by atoms with Gasteiger partial charge in [-0.1, -0.05) is 0 Å². The number of rotatable bonds is 6. The molecule has 17 heavy (non-hydrogen) atoms. The standard InChI is InChI=1S/C12H21NO4/c1-12(11(14)15-2,13-9-3-4-9)8-17-10-5-6-16-7-10/h9-10,13H,3-8H2,1-2H3. The number of esters is 1. The Kier molecular flexibility index (Phi) is 4.01. The van der Waals surface area contributed by atoms with Gasteiger partial charge in [0, 0.05) is 12.6 Å². The summed E-state index contributed by atoms with van der Waals surface area (Å²) in [6.07, 6.45) is 3.26. The third kappa shape index (κ3) is 3.40. The normalized spacial score (nSPS) is 27.8. The fourth-order valence-electron chi connectivity index (χ4n) is 1.99. The highest BCUT2D eigenvalue weighted by Gasteiger charge is 2.40. The third-order valence-corrected chi connectivity index (χ3v) is 3.23. The van der Waals surface area contributed by atoms with Gasteiger partial charge in [-0.25, -0.2) is 4.79 Å². The van der Waals surface area contributed by atoms with E-state index in [2.05, 4.69) is 5.32 Å². The van der Waals surface area contributed by atoms with Gasteiger partial charge in [0.1, 0.15) is 5.54 Å². The second kappa shape index (κ2) is 5.33. The molecule has 98 valence electrons. The van der Waals surface area contributed by atoms with Crippen molar-refractivity contribution in [3.63, 3.8) is 0 Å². The minimum Gasteiger partial charge on any atom is -0.468 e. The first-order valence-electron chi connectivity index (χ1n) is 6.19. The highest BCUT2D eigenvalue weighted by molar-refractivity contribution is 5.80. The van der Waals surface area contributed by atoms with Crippen LogP contribution in [0.3, 0.4) is 0 Å². The van der Waals surface area contributed by atoms with Crippen LogP contribution in [0.2, 0.25) is 0 Å². The van der Waals surface area contributed by atoms with Crippen molar-refractivity contribution in [2.75, 3.05) is 26.9 Å². The number of ether oxygens (including phenoxy) is 3. The van der Waals surface area contributed by atoms with Crippen LogP contribution in [0.15, 0.2) is 0 Å². The summed E-state index contributed by atoms with van der Waals surface area (Å²) in [5, 5.41) is 3.30. The topological polar surface area (TPSA) is 56.8 Å². The fourth-order valence-corrected chi connectivity index (χ4v) is 1.99. The Morgan fingerprint density at radius 1 is 1.47 bits per heavy atom. The highest BCUT2D eigenvalue weighted by Crippen LogP contribution is 2.24. The first-order valence-corrected chi connectivity index (χ1v) is 6.19. The summed E-state index contributed by atoms with van der Waals surface area (Å²) < 4.78 is 15.8. The molecule has 0 radical (unpaired) electrons. The molecule has 2 atom stereocenters. The predicted octanol–water partition coefficient (Wildman–Crippen LogP) is 0.476. The minimum absolute atomic E-state index is 0.111. The quantitative estimate of drug-likeness (QED) is 0.687. The molecule has 2 unspecified atom stereocenters. The van der Waals surface area contributed by atoms with Crippen molar-refractivity contribution < 1.29 is 19.0 Å².